The predicted molar refractivity (Wildman–Crippen MR) is 58.0 cm³/mol. The summed E-state index contributed by atoms with van der Waals surface area (Å²) < 4.78 is 10.1. The minimum atomic E-state index is -0.496. The van der Waals surface area contributed by atoms with Crippen LogP contribution in [0.5, 0.6) is 0 Å². The molecule has 0 aromatic rings. The molecule has 0 spiro atoms. The molecular formula is C10H18N2O4. The van der Waals surface area contributed by atoms with Crippen molar-refractivity contribution < 1.29 is 19.1 Å². The number of alkyl carbamates (subject to hydrolysis) is 1. The minimum Gasteiger partial charge on any atom is -0.444 e. The lowest BCUT2D eigenvalue weighted by Gasteiger charge is -2.19. The monoisotopic (exact) mass is 230 g/mol. The Morgan fingerprint density at radius 1 is 1.38 bits per heavy atom. The summed E-state index contributed by atoms with van der Waals surface area (Å²) in [5.74, 6) is 0. The van der Waals surface area contributed by atoms with E-state index in [1.165, 1.54) is 6.08 Å². The van der Waals surface area contributed by atoms with E-state index in [1.807, 2.05) is 0 Å². The van der Waals surface area contributed by atoms with E-state index in [2.05, 4.69) is 10.3 Å². The highest BCUT2D eigenvalue weighted by atomic mass is 16.6. The number of nitrogens with zero attached hydrogens (tertiary/aromatic N) is 1. The number of nitrogens with one attached hydrogen (secondary N) is 1. The van der Waals surface area contributed by atoms with Gasteiger partial charge in [0, 0.05) is 6.54 Å². The molecule has 0 saturated heterocycles. The molecule has 0 rings (SSSR count). The molecule has 0 atom stereocenters. The van der Waals surface area contributed by atoms with Crippen LogP contribution in [0.25, 0.3) is 0 Å². The molecular weight excluding hydrogens is 212 g/mol. The summed E-state index contributed by atoms with van der Waals surface area (Å²) in [6.45, 7) is 6.72. The molecule has 0 bridgehead atoms. The lowest BCUT2D eigenvalue weighted by atomic mass is 10.2. The molecule has 1 amide bonds. The van der Waals surface area contributed by atoms with Gasteiger partial charge in [0.15, 0.2) is 0 Å². The van der Waals surface area contributed by atoms with Gasteiger partial charge in [0.1, 0.15) is 5.60 Å². The number of hydrogen-bond donors (Lipinski definition) is 1. The van der Waals surface area contributed by atoms with Gasteiger partial charge < -0.3 is 14.8 Å². The van der Waals surface area contributed by atoms with Gasteiger partial charge in [-0.1, -0.05) is 0 Å². The summed E-state index contributed by atoms with van der Waals surface area (Å²) in [4.78, 5) is 24.1. The number of isocyanates is 1. The van der Waals surface area contributed by atoms with Crippen LogP contribution in [0, 0.1) is 0 Å². The molecule has 0 aliphatic carbocycles. The van der Waals surface area contributed by atoms with Crippen LogP contribution < -0.4 is 5.32 Å². The van der Waals surface area contributed by atoms with E-state index >= 15 is 0 Å². The molecule has 0 radical (unpaired) electrons. The number of carbonyl (C=O) groups excluding carboxylic acids is 2. The fourth-order valence-electron chi connectivity index (χ4n) is 0.797. The van der Waals surface area contributed by atoms with Crippen LogP contribution in [0.3, 0.4) is 0 Å². The van der Waals surface area contributed by atoms with Crippen LogP contribution in [-0.4, -0.2) is 44.1 Å². The molecule has 0 aromatic carbocycles. The van der Waals surface area contributed by atoms with Crippen molar-refractivity contribution in [2.75, 3.05) is 26.3 Å². The van der Waals surface area contributed by atoms with E-state index in [4.69, 9.17) is 9.47 Å². The van der Waals surface area contributed by atoms with Crippen LogP contribution in [0.2, 0.25) is 0 Å². The first-order valence-electron chi connectivity index (χ1n) is 5.04. The van der Waals surface area contributed by atoms with E-state index in [1.54, 1.807) is 20.8 Å². The molecule has 1 N–H and O–H groups in total. The van der Waals surface area contributed by atoms with Crippen LogP contribution in [-0.2, 0) is 14.3 Å². The van der Waals surface area contributed by atoms with Crippen LogP contribution in [0.15, 0.2) is 4.99 Å². The quantitative estimate of drug-likeness (QED) is 0.417. The molecule has 6 nitrogen and oxygen atoms in total. The lowest BCUT2D eigenvalue weighted by molar-refractivity contribution is 0.0501. The largest absolute Gasteiger partial charge is 0.444 e. The SMILES string of the molecule is CC(C)(C)OC(=O)NCCOCCN=C=O. The van der Waals surface area contributed by atoms with Gasteiger partial charge in [0.05, 0.1) is 19.8 Å². The van der Waals surface area contributed by atoms with Crippen LogP contribution in [0.4, 0.5) is 4.79 Å². The molecule has 0 saturated carbocycles. The highest BCUT2D eigenvalue weighted by molar-refractivity contribution is 5.67. The normalized spacial score (nSPS) is 10.4. The lowest BCUT2D eigenvalue weighted by Crippen LogP contribution is -2.34. The van der Waals surface area contributed by atoms with Crippen molar-refractivity contribution in [2.24, 2.45) is 4.99 Å². The average Bonchev–Trinajstić information content (AvgIpc) is 2.13. The maximum absolute atomic E-state index is 11.1. The molecule has 0 aliphatic heterocycles. The minimum absolute atomic E-state index is 0.288. The Bertz CT molecular complexity index is 254. The molecule has 0 unspecified atom stereocenters. The Labute approximate surface area is 95.0 Å². The summed E-state index contributed by atoms with van der Waals surface area (Å²) in [6.07, 6.45) is 0.937. The molecule has 0 aliphatic rings. The first kappa shape index (κ1) is 14.6. The maximum atomic E-state index is 11.1. The number of rotatable bonds is 6. The predicted octanol–water partition coefficient (Wildman–Crippen LogP) is 0.863. The van der Waals surface area contributed by atoms with Crippen molar-refractivity contribution in [3.8, 4) is 0 Å². The second-order valence-corrected chi connectivity index (χ2v) is 4.01. The van der Waals surface area contributed by atoms with Gasteiger partial charge in [-0.3, -0.25) is 0 Å². The summed E-state index contributed by atoms with van der Waals surface area (Å²) in [7, 11) is 0. The maximum Gasteiger partial charge on any atom is 0.407 e. The first-order chi connectivity index (χ1) is 7.45. The molecule has 0 aromatic heterocycles. The van der Waals surface area contributed by atoms with E-state index in [0.717, 1.165) is 0 Å². The Kier molecular flexibility index (Phi) is 7.16. The highest BCUT2D eigenvalue weighted by Gasteiger charge is 2.15. The van der Waals surface area contributed by atoms with Gasteiger partial charge in [-0.15, -0.1) is 0 Å². The fraction of sp³-hybridized carbons (Fsp3) is 0.800. The zero-order valence-corrected chi connectivity index (χ0v) is 9.91. The zero-order chi connectivity index (χ0) is 12.4. The third-order valence-corrected chi connectivity index (χ3v) is 1.33. The van der Waals surface area contributed by atoms with E-state index < -0.39 is 11.7 Å². The number of hydrogen-bond acceptors (Lipinski definition) is 5. The van der Waals surface area contributed by atoms with Crippen molar-refractivity contribution in [1.29, 1.82) is 0 Å². The third kappa shape index (κ3) is 10.7. The number of amides is 1. The van der Waals surface area contributed by atoms with Crippen molar-refractivity contribution in [2.45, 2.75) is 26.4 Å². The number of carbonyl (C=O) groups is 1. The Balaban J connectivity index is 3.38. The second-order valence-electron chi connectivity index (χ2n) is 4.01. The third-order valence-electron chi connectivity index (χ3n) is 1.33. The first-order valence-corrected chi connectivity index (χ1v) is 5.04. The average molecular weight is 230 g/mol. The van der Waals surface area contributed by atoms with Gasteiger partial charge in [-0.2, -0.15) is 0 Å². The molecule has 16 heavy (non-hydrogen) atoms. The number of aliphatic imine (C=N–C) groups is 1. The van der Waals surface area contributed by atoms with Gasteiger partial charge >= 0.3 is 6.09 Å². The fourth-order valence-corrected chi connectivity index (χ4v) is 0.797. The second kappa shape index (κ2) is 7.84. The summed E-state index contributed by atoms with van der Waals surface area (Å²) in [5.41, 5.74) is -0.496. The molecule has 6 heteroatoms. The number of ether oxygens (including phenoxy) is 2. The van der Waals surface area contributed by atoms with Crippen molar-refractivity contribution in [3.05, 3.63) is 0 Å². The van der Waals surface area contributed by atoms with Crippen molar-refractivity contribution in [3.63, 3.8) is 0 Å². The summed E-state index contributed by atoms with van der Waals surface area (Å²) in [5, 5.41) is 2.54. The Hall–Kier alpha value is -1.39. The molecule has 0 fully saturated rings. The summed E-state index contributed by atoms with van der Waals surface area (Å²) >= 11 is 0. The van der Waals surface area contributed by atoms with Gasteiger partial charge in [-0.05, 0) is 20.8 Å². The van der Waals surface area contributed by atoms with Gasteiger partial charge in [-0.25, -0.2) is 14.6 Å². The van der Waals surface area contributed by atoms with Crippen molar-refractivity contribution >= 4 is 12.2 Å². The molecule has 92 valence electrons. The topological polar surface area (TPSA) is 77.0 Å². The van der Waals surface area contributed by atoms with E-state index in [0.29, 0.717) is 19.8 Å². The van der Waals surface area contributed by atoms with E-state index in [9.17, 15) is 9.59 Å². The smallest absolute Gasteiger partial charge is 0.407 e. The van der Waals surface area contributed by atoms with Crippen LogP contribution in [0.1, 0.15) is 20.8 Å². The molecule has 0 heterocycles. The van der Waals surface area contributed by atoms with Crippen molar-refractivity contribution in [1.82, 2.24) is 5.32 Å². The van der Waals surface area contributed by atoms with E-state index in [-0.39, 0.29) is 6.54 Å². The highest BCUT2D eigenvalue weighted by Crippen LogP contribution is 2.05. The standard InChI is InChI=1S/C10H18N2O4/c1-10(2,3)16-9(14)12-5-7-15-6-4-11-8-13/h4-7H2,1-3H3,(H,12,14). The Morgan fingerprint density at radius 2 is 2.06 bits per heavy atom. The van der Waals surface area contributed by atoms with Gasteiger partial charge in [0.25, 0.3) is 0 Å². The Morgan fingerprint density at radius 3 is 2.62 bits per heavy atom. The zero-order valence-electron chi connectivity index (χ0n) is 9.91. The van der Waals surface area contributed by atoms with Gasteiger partial charge in [0.2, 0.25) is 6.08 Å². The van der Waals surface area contributed by atoms with Crippen LogP contribution >= 0.6 is 0 Å². The summed E-state index contributed by atoms with van der Waals surface area (Å²) in [6, 6.07) is 0.